The summed E-state index contributed by atoms with van der Waals surface area (Å²) in [6.45, 7) is 10.1. The fourth-order valence-electron chi connectivity index (χ4n) is 2.25. The Balaban J connectivity index is 4.96. The van der Waals surface area contributed by atoms with Gasteiger partial charge in [0.15, 0.2) is 0 Å². The van der Waals surface area contributed by atoms with Crippen LogP contribution in [0.2, 0.25) is 0 Å². The normalized spacial score (nSPS) is 13.6. The maximum Gasteiger partial charge on any atom is 0.306 e. The largest absolute Gasteiger partial charge is 0.463 e. The number of ketones is 1. The highest BCUT2D eigenvalue weighted by molar-refractivity contribution is 7.44. The Morgan fingerprint density at radius 3 is 2.22 bits per heavy atom. The summed E-state index contributed by atoms with van der Waals surface area (Å²) in [5.41, 5.74) is 0. The van der Waals surface area contributed by atoms with Crippen molar-refractivity contribution in [2.45, 2.75) is 72.1 Å². The number of rotatable bonds is 15. The van der Waals surface area contributed by atoms with Crippen LogP contribution in [-0.4, -0.2) is 61.5 Å². The monoisotopic (exact) mass is 404 g/mol. The van der Waals surface area contributed by atoms with Gasteiger partial charge in [0, 0.05) is 25.6 Å². The van der Waals surface area contributed by atoms with Crippen molar-refractivity contribution >= 4 is 20.3 Å². The maximum atomic E-state index is 11.8. The molecule has 0 fully saturated rings. The lowest BCUT2D eigenvalue weighted by molar-refractivity contribution is -0.148. The van der Waals surface area contributed by atoms with Gasteiger partial charge in [0.05, 0.1) is 32.1 Å². The zero-order valence-corrected chi connectivity index (χ0v) is 18.2. The van der Waals surface area contributed by atoms with E-state index in [-0.39, 0.29) is 57.0 Å². The molecule has 0 heterocycles. The molecule has 2 unspecified atom stereocenters. The number of methoxy groups -OCH3 is 1. The minimum atomic E-state index is -1.46. The van der Waals surface area contributed by atoms with Crippen molar-refractivity contribution < 1.29 is 28.1 Å². The topological polar surface area (TPSA) is 98.1 Å². The van der Waals surface area contributed by atoms with E-state index in [9.17, 15) is 9.59 Å². The van der Waals surface area contributed by atoms with E-state index in [4.69, 9.17) is 23.8 Å². The molecule has 0 spiro atoms. The highest BCUT2D eigenvalue weighted by Crippen LogP contribution is 2.47. The highest BCUT2D eigenvalue weighted by Gasteiger charge is 2.30. The zero-order valence-electron chi connectivity index (χ0n) is 17.3. The average molecular weight is 404 g/mol. The molecule has 0 aromatic rings. The molecule has 0 saturated heterocycles. The van der Waals surface area contributed by atoms with Gasteiger partial charge in [-0.25, -0.2) is 4.67 Å². The quantitative estimate of drug-likeness (QED) is 0.233. The van der Waals surface area contributed by atoms with Crippen LogP contribution in [0, 0.1) is 11.3 Å². The third-order valence-corrected chi connectivity index (χ3v) is 5.55. The molecule has 0 aromatic heterocycles. The molecule has 156 valence electrons. The van der Waals surface area contributed by atoms with E-state index in [2.05, 4.69) is 10.7 Å². The lowest BCUT2D eigenvalue weighted by Gasteiger charge is -2.37. The second-order valence-corrected chi connectivity index (χ2v) is 8.02. The van der Waals surface area contributed by atoms with E-state index in [1.165, 1.54) is 14.0 Å². The highest BCUT2D eigenvalue weighted by atomic mass is 31.2. The van der Waals surface area contributed by atoms with Crippen LogP contribution in [0.15, 0.2) is 0 Å². The smallest absolute Gasteiger partial charge is 0.306 e. The molecular formula is C18H33N2O6P. The number of nitriles is 1. The molecule has 0 aliphatic carbocycles. The molecule has 0 aliphatic rings. The number of hydrogen-bond donors (Lipinski definition) is 0. The Hall–Kier alpha value is -1.10. The molecule has 27 heavy (non-hydrogen) atoms. The number of carbonyl (C=O) groups excluding carboxylic acids is 2. The third kappa shape index (κ3) is 12.1. The second kappa shape index (κ2) is 14.9. The van der Waals surface area contributed by atoms with E-state index in [1.54, 1.807) is 0 Å². The van der Waals surface area contributed by atoms with Crippen LogP contribution >= 0.6 is 8.53 Å². The van der Waals surface area contributed by atoms with Gasteiger partial charge in [-0.05, 0) is 34.6 Å². The summed E-state index contributed by atoms with van der Waals surface area (Å²) in [5.74, 6) is -0.509. The Bertz CT molecular complexity index is 473. The fourth-order valence-corrected chi connectivity index (χ4v) is 3.93. The summed E-state index contributed by atoms with van der Waals surface area (Å²) in [4.78, 5) is 22.7. The van der Waals surface area contributed by atoms with Gasteiger partial charge in [-0.15, -0.1) is 0 Å². The molecule has 0 N–H and O–H groups in total. The Morgan fingerprint density at radius 2 is 1.74 bits per heavy atom. The van der Waals surface area contributed by atoms with E-state index in [0.717, 1.165) is 0 Å². The van der Waals surface area contributed by atoms with Crippen LogP contribution < -0.4 is 0 Å². The van der Waals surface area contributed by atoms with E-state index < -0.39 is 20.6 Å². The Kier molecular flexibility index (Phi) is 14.3. The van der Waals surface area contributed by atoms with Gasteiger partial charge in [-0.2, -0.15) is 5.26 Å². The second-order valence-electron chi connectivity index (χ2n) is 6.61. The summed E-state index contributed by atoms with van der Waals surface area (Å²) < 4.78 is 24.4. The first-order valence-corrected chi connectivity index (χ1v) is 10.2. The lowest BCUT2D eigenvalue weighted by atomic mass is 10.2. The number of esters is 1. The van der Waals surface area contributed by atoms with E-state index in [0.29, 0.717) is 0 Å². The molecule has 0 aromatic carbocycles. The molecule has 0 rings (SSSR count). The molecule has 0 bridgehead atoms. The average Bonchev–Trinajstić information content (AvgIpc) is 2.57. The minimum Gasteiger partial charge on any atom is -0.463 e. The molecule has 0 aliphatic heterocycles. The number of Topliss-reactive ketones (excluding diaryl/α,β-unsaturated/α-hetero) is 1. The summed E-state index contributed by atoms with van der Waals surface area (Å²) in [6.07, 6.45) is -0.0367. The predicted molar refractivity (Wildman–Crippen MR) is 103 cm³/mol. The first-order chi connectivity index (χ1) is 12.7. The van der Waals surface area contributed by atoms with Gasteiger partial charge in [-0.3, -0.25) is 4.79 Å². The zero-order chi connectivity index (χ0) is 20.8. The van der Waals surface area contributed by atoms with E-state index in [1.807, 2.05) is 27.7 Å². The van der Waals surface area contributed by atoms with Gasteiger partial charge < -0.3 is 23.3 Å². The Morgan fingerprint density at radius 1 is 1.11 bits per heavy atom. The van der Waals surface area contributed by atoms with Gasteiger partial charge in [0.2, 0.25) is 0 Å². The SMILES string of the molecule is COCC(COC(=O)CCC(C)=O)OP(OCCC#N)N(C(C)C)C(C)C. The first-order valence-electron chi connectivity index (χ1n) is 9.11. The molecule has 8 nitrogen and oxygen atoms in total. The molecule has 0 radical (unpaired) electrons. The van der Waals surface area contributed by atoms with Crippen LogP contribution in [-0.2, 0) is 28.1 Å². The number of ether oxygens (including phenoxy) is 2. The van der Waals surface area contributed by atoms with Crippen LogP contribution in [0.25, 0.3) is 0 Å². The molecule has 2 atom stereocenters. The predicted octanol–water partition coefficient (Wildman–Crippen LogP) is 3.21. The van der Waals surface area contributed by atoms with Crippen molar-refractivity contribution in [2.24, 2.45) is 0 Å². The van der Waals surface area contributed by atoms with Crippen molar-refractivity contribution in [1.29, 1.82) is 5.26 Å². The van der Waals surface area contributed by atoms with Gasteiger partial charge >= 0.3 is 5.97 Å². The molecule has 0 saturated carbocycles. The van der Waals surface area contributed by atoms with Gasteiger partial charge in [0.1, 0.15) is 18.5 Å². The van der Waals surface area contributed by atoms with Crippen molar-refractivity contribution in [2.75, 3.05) is 26.9 Å². The minimum absolute atomic E-state index is 0.00898. The van der Waals surface area contributed by atoms with Crippen LogP contribution in [0.3, 0.4) is 0 Å². The van der Waals surface area contributed by atoms with Gasteiger partial charge in [-0.1, -0.05) is 0 Å². The number of nitrogens with zero attached hydrogens (tertiary/aromatic N) is 2. The van der Waals surface area contributed by atoms with Crippen LogP contribution in [0.4, 0.5) is 0 Å². The van der Waals surface area contributed by atoms with Gasteiger partial charge in [0.25, 0.3) is 8.53 Å². The van der Waals surface area contributed by atoms with Crippen LogP contribution in [0.5, 0.6) is 0 Å². The van der Waals surface area contributed by atoms with Crippen LogP contribution in [0.1, 0.15) is 53.9 Å². The third-order valence-electron chi connectivity index (χ3n) is 3.37. The fraction of sp³-hybridized carbons (Fsp3) is 0.833. The maximum absolute atomic E-state index is 11.8. The number of carbonyl (C=O) groups is 2. The summed E-state index contributed by atoms with van der Waals surface area (Å²) in [7, 11) is 0.0794. The summed E-state index contributed by atoms with van der Waals surface area (Å²) >= 11 is 0. The summed E-state index contributed by atoms with van der Waals surface area (Å²) in [6, 6.07) is 2.38. The van der Waals surface area contributed by atoms with Crippen molar-refractivity contribution in [1.82, 2.24) is 4.67 Å². The Labute approximate surface area is 164 Å². The molecular weight excluding hydrogens is 371 g/mol. The summed E-state index contributed by atoms with van der Waals surface area (Å²) in [5, 5.41) is 8.76. The first kappa shape index (κ1) is 25.9. The van der Waals surface area contributed by atoms with Crippen molar-refractivity contribution in [3.05, 3.63) is 0 Å². The standard InChI is InChI=1S/C18H33N2O6P/c1-14(2)20(15(3)4)27(25-11-7-10-19)26-17(12-23-6)13-24-18(22)9-8-16(5)21/h14-15,17H,7-9,11-13H2,1-6H3. The van der Waals surface area contributed by atoms with Crippen molar-refractivity contribution in [3.63, 3.8) is 0 Å². The lowest BCUT2D eigenvalue weighted by Crippen LogP contribution is -2.36. The molecule has 9 heteroatoms. The van der Waals surface area contributed by atoms with E-state index >= 15 is 0 Å². The number of hydrogen-bond acceptors (Lipinski definition) is 8. The molecule has 0 amide bonds. The van der Waals surface area contributed by atoms with Crippen molar-refractivity contribution in [3.8, 4) is 6.07 Å².